The Bertz CT molecular complexity index is 1360. The molecule has 4 aromatic rings. The zero-order valence-corrected chi connectivity index (χ0v) is 18.8. The highest BCUT2D eigenvalue weighted by Gasteiger charge is 2.17. The SMILES string of the molecule is COc1ccccc1-c1coc2cc(OCc3cc(Br)cc4c3OCOC4)ccc2c1=O. The highest BCUT2D eigenvalue weighted by atomic mass is 79.9. The van der Waals surface area contributed by atoms with Crippen molar-refractivity contribution in [3.8, 4) is 28.4 Å². The van der Waals surface area contributed by atoms with E-state index in [4.69, 9.17) is 23.4 Å². The van der Waals surface area contributed by atoms with Crippen LogP contribution in [0.2, 0.25) is 0 Å². The number of hydrogen-bond acceptors (Lipinski definition) is 6. The molecule has 0 radical (unpaired) electrons. The second-order valence-electron chi connectivity index (χ2n) is 7.29. The number of methoxy groups -OCH3 is 1. The Morgan fingerprint density at radius 1 is 1.06 bits per heavy atom. The summed E-state index contributed by atoms with van der Waals surface area (Å²) in [7, 11) is 1.57. The molecule has 2 heterocycles. The van der Waals surface area contributed by atoms with Crippen LogP contribution in [0, 0.1) is 0 Å². The third-order valence-electron chi connectivity index (χ3n) is 5.29. The van der Waals surface area contributed by atoms with Gasteiger partial charge in [0.25, 0.3) is 0 Å². The van der Waals surface area contributed by atoms with Crippen molar-refractivity contribution in [1.82, 2.24) is 0 Å². The van der Waals surface area contributed by atoms with Gasteiger partial charge in [-0.1, -0.05) is 34.1 Å². The van der Waals surface area contributed by atoms with Crippen molar-refractivity contribution in [2.75, 3.05) is 13.9 Å². The Kier molecular flexibility index (Phi) is 5.59. The molecule has 0 saturated heterocycles. The van der Waals surface area contributed by atoms with Gasteiger partial charge in [-0.15, -0.1) is 0 Å². The number of rotatable bonds is 5. The Balaban J connectivity index is 1.44. The highest BCUT2D eigenvalue weighted by molar-refractivity contribution is 9.10. The molecule has 5 rings (SSSR count). The summed E-state index contributed by atoms with van der Waals surface area (Å²) >= 11 is 3.52. The minimum atomic E-state index is -0.128. The maximum Gasteiger partial charge on any atom is 0.200 e. The van der Waals surface area contributed by atoms with Crippen LogP contribution < -0.4 is 19.6 Å². The van der Waals surface area contributed by atoms with Crippen LogP contribution in [0.25, 0.3) is 22.1 Å². The van der Waals surface area contributed by atoms with Gasteiger partial charge >= 0.3 is 0 Å². The zero-order valence-electron chi connectivity index (χ0n) is 17.2. The van der Waals surface area contributed by atoms with E-state index in [1.54, 1.807) is 25.3 Å². The Hall–Kier alpha value is -3.29. The molecular weight excluding hydrogens is 476 g/mol. The molecule has 0 bridgehead atoms. The van der Waals surface area contributed by atoms with Crippen molar-refractivity contribution in [3.63, 3.8) is 0 Å². The van der Waals surface area contributed by atoms with Gasteiger partial charge in [-0.3, -0.25) is 4.79 Å². The van der Waals surface area contributed by atoms with Gasteiger partial charge < -0.3 is 23.4 Å². The first-order valence-corrected chi connectivity index (χ1v) is 10.8. The molecule has 32 heavy (non-hydrogen) atoms. The predicted octanol–water partition coefficient (Wildman–Crippen LogP) is 5.68. The molecule has 7 heteroatoms. The predicted molar refractivity (Wildman–Crippen MR) is 123 cm³/mol. The van der Waals surface area contributed by atoms with E-state index < -0.39 is 0 Å². The minimum absolute atomic E-state index is 0.128. The summed E-state index contributed by atoms with van der Waals surface area (Å²) in [5, 5.41) is 0.473. The van der Waals surface area contributed by atoms with E-state index in [0.717, 1.165) is 21.3 Å². The summed E-state index contributed by atoms with van der Waals surface area (Å²) in [5.74, 6) is 1.99. The molecule has 1 aliphatic heterocycles. The Morgan fingerprint density at radius 2 is 1.94 bits per heavy atom. The molecule has 0 amide bonds. The number of fused-ring (bicyclic) bond motifs is 2. The maximum atomic E-state index is 13.1. The number of benzene rings is 3. The lowest BCUT2D eigenvalue weighted by Crippen LogP contribution is -2.14. The minimum Gasteiger partial charge on any atom is -0.496 e. The van der Waals surface area contributed by atoms with E-state index in [1.807, 2.05) is 36.4 Å². The molecule has 1 aliphatic rings. The molecule has 0 spiro atoms. The van der Waals surface area contributed by atoms with E-state index in [2.05, 4.69) is 15.9 Å². The summed E-state index contributed by atoms with van der Waals surface area (Å²) < 4.78 is 29.1. The molecule has 162 valence electrons. The van der Waals surface area contributed by atoms with E-state index in [1.165, 1.54) is 6.26 Å². The average Bonchev–Trinajstić information content (AvgIpc) is 2.82. The molecule has 0 aliphatic carbocycles. The highest BCUT2D eigenvalue weighted by Crippen LogP contribution is 2.33. The third kappa shape index (κ3) is 3.85. The Labute approximate surface area is 192 Å². The van der Waals surface area contributed by atoms with Crippen molar-refractivity contribution in [1.29, 1.82) is 0 Å². The molecule has 0 atom stereocenters. The largest absolute Gasteiger partial charge is 0.496 e. The number of ether oxygens (including phenoxy) is 4. The van der Waals surface area contributed by atoms with Crippen LogP contribution in [-0.2, 0) is 18.0 Å². The van der Waals surface area contributed by atoms with Crippen LogP contribution in [-0.4, -0.2) is 13.9 Å². The first-order valence-electron chi connectivity index (χ1n) is 9.97. The van der Waals surface area contributed by atoms with Gasteiger partial charge in [-0.25, -0.2) is 0 Å². The van der Waals surface area contributed by atoms with Crippen LogP contribution in [0.15, 0.2) is 74.5 Å². The second-order valence-corrected chi connectivity index (χ2v) is 8.20. The van der Waals surface area contributed by atoms with Crippen molar-refractivity contribution in [3.05, 3.63) is 86.7 Å². The fraction of sp³-hybridized carbons (Fsp3) is 0.160. The van der Waals surface area contributed by atoms with Crippen LogP contribution in [0.5, 0.6) is 17.2 Å². The van der Waals surface area contributed by atoms with Crippen molar-refractivity contribution >= 4 is 26.9 Å². The van der Waals surface area contributed by atoms with Gasteiger partial charge in [0.1, 0.15) is 35.7 Å². The third-order valence-corrected chi connectivity index (χ3v) is 5.75. The van der Waals surface area contributed by atoms with Crippen molar-refractivity contribution in [2.24, 2.45) is 0 Å². The lowest BCUT2D eigenvalue weighted by atomic mass is 10.0. The molecule has 6 nitrogen and oxygen atoms in total. The zero-order chi connectivity index (χ0) is 22.1. The smallest absolute Gasteiger partial charge is 0.200 e. The van der Waals surface area contributed by atoms with Gasteiger partial charge in [0.15, 0.2) is 6.79 Å². The molecule has 0 fully saturated rings. The lowest BCUT2D eigenvalue weighted by Gasteiger charge is -2.21. The number of hydrogen-bond donors (Lipinski definition) is 0. The molecule has 0 unspecified atom stereocenters. The van der Waals surface area contributed by atoms with Crippen LogP contribution in [0.3, 0.4) is 0 Å². The quantitative estimate of drug-likeness (QED) is 0.355. The summed E-state index contributed by atoms with van der Waals surface area (Å²) in [6.45, 7) is 1.02. The van der Waals surface area contributed by atoms with Crippen LogP contribution >= 0.6 is 15.9 Å². The van der Waals surface area contributed by atoms with Crippen molar-refractivity contribution < 1.29 is 23.4 Å². The first-order chi connectivity index (χ1) is 15.6. The average molecular weight is 495 g/mol. The summed E-state index contributed by atoms with van der Waals surface area (Å²) in [5.41, 5.74) is 3.34. The fourth-order valence-corrected chi connectivity index (χ4v) is 4.33. The lowest BCUT2D eigenvalue weighted by molar-refractivity contribution is -0.0176. The molecule has 0 N–H and O–H groups in total. The van der Waals surface area contributed by atoms with Gasteiger partial charge in [0.2, 0.25) is 5.43 Å². The maximum absolute atomic E-state index is 13.1. The monoisotopic (exact) mass is 494 g/mol. The first kappa shape index (κ1) is 20.6. The van der Waals surface area contributed by atoms with E-state index in [9.17, 15) is 4.79 Å². The molecular formula is C25H19BrO6. The second kappa shape index (κ2) is 8.68. The Morgan fingerprint density at radius 3 is 2.81 bits per heavy atom. The summed E-state index contributed by atoms with van der Waals surface area (Å²) in [6, 6.07) is 16.5. The fourth-order valence-electron chi connectivity index (χ4n) is 3.78. The van der Waals surface area contributed by atoms with E-state index in [0.29, 0.717) is 46.8 Å². The van der Waals surface area contributed by atoms with Gasteiger partial charge in [0.05, 0.1) is 24.7 Å². The summed E-state index contributed by atoms with van der Waals surface area (Å²) in [6.07, 6.45) is 1.46. The number of para-hydroxylation sites is 1. The molecule has 0 saturated carbocycles. The van der Waals surface area contributed by atoms with Gasteiger partial charge in [-0.2, -0.15) is 0 Å². The molecule has 1 aromatic heterocycles. The standard InChI is InChI=1S/C25H19BrO6/c1-28-22-5-3-2-4-19(22)21-13-31-23-10-18(6-7-20(23)24(21)27)30-12-16-9-17(26)8-15-11-29-14-32-25(15)16/h2-10,13H,11-12,14H2,1H3. The topological polar surface area (TPSA) is 67.1 Å². The number of halogens is 1. The van der Waals surface area contributed by atoms with E-state index >= 15 is 0 Å². The van der Waals surface area contributed by atoms with Crippen molar-refractivity contribution in [2.45, 2.75) is 13.2 Å². The van der Waals surface area contributed by atoms with Crippen LogP contribution in [0.4, 0.5) is 0 Å². The normalized spacial score (nSPS) is 12.8. The summed E-state index contributed by atoms with van der Waals surface area (Å²) in [4.78, 5) is 13.1. The van der Waals surface area contributed by atoms with Gasteiger partial charge in [0, 0.05) is 27.2 Å². The van der Waals surface area contributed by atoms with E-state index in [-0.39, 0.29) is 12.2 Å². The molecule has 3 aromatic carbocycles. The van der Waals surface area contributed by atoms with Crippen LogP contribution in [0.1, 0.15) is 11.1 Å². The van der Waals surface area contributed by atoms with Gasteiger partial charge in [-0.05, 0) is 30.3 Å².